The highest BCUT2D eigenvalue weighted by molar-refractivity contribution is 6.04. The quantitative estimate of drug-likeness (QED) is 0.345. The number of likely N-dealkylation sites (N-methyl/N-ethyl adjacent to an activating group) is 1. The van der Waals surface area contributed by atoms with Gasteiger partial charge in [-0.15, -0.1) is 0 Å². The van der Waals surface area contributed by atoms with Gasteiger partial charge in [0.25, 0.3) is 5.91 Å². The highest BCUT2D eigenvalue weighted by Crippen LogP contribution is 2.35. The molecule has 0 radical (unpaired) electrons. The molecule has 0 atom stereocenters. The summed E-state index contributed by atoms with van der Waals surface area (Å²) in [6.07, 6.45) is -2.72. The number of aromatic nitrogens is 2. The molecule has 1 fully saturated rings. The van der Waals surface area contributed by atoms with Crippen molar-refractivity contribution in [2.45, 2.75) is 46.3 Å². The number of nitrogens with one attached hydrogen (secondary N) is 1. The Morgan fingerprint density at radius 2 is 1.71 bits per heavy atom. The van der Waals surface area contributed by atoms with Crippen LogP contribution in [-0.4, -0.2) is 64.2 Å². The van der Waals surface area contributed by atoms with Crippen LogP contribution in [0.5, 0.6) is 11.6 Å². The van der Waals surface area contributed by atoms with Crippen molar-refractivity contribution in [2.24, 2.45) is 0 Å². The first-order valence-corrected chi connectivity index (χ1v) is 13.6. The monoisotopic (exact) mass is 569 g/mol. The molecule has 1 N–H and O–H groups in total. The van der Waals surface area contributed by atoms with E-state index in [0.717, 1.165) is 31.3 Å². The topological polar surface area (TPSA) is 87.7 Å². The van der Waals surface area contributed by atoms with Gasteiger partial charge in [-0.25, -0.2) is 9.97 Å². The lowest BCUT2D eigenvalue weighted by molar-refractivity contribution is -0.138. The molecule has 4 rings (SSSR count). The molecule has 11 heteroatoms. The number of hydrogen-bond donors (Lipinski definition) is 1. The molecule has 0 spiro atoms. The zero-order chi connectivity index (χ0) is 29.6. The highest BCUT2D eigenvalue weighted by atomic mass is 19.4. The van der Waals surface area contributed by atoms with Gasteiger partial charge in [0.1, 0.15) is 17.9 Å². The fourth-order valence-corrected chi connectivity index (χ4v) is 4.58. The summed E-state index contributed by atoms with van der Waals surface area (Å²) in [5, 5.41) is 2.58. The van der Waals surface area contributed by atoms with E-state index < -0.39 is 17.6 Å². The number of rotatable bonds is 10. The van der Waals surface area contributed by atoms with Gasteiger partial charge in [-0.3, -0.25) is 14.5 Å². The zero-order valence-electron chi connectivity index (χ0n) is 23.4. The van der Waals surface area contributed by atoms with E-state index in [9.17, 15) is 22.8 Å². The van der Waals surface area contributed by atoms with Gasteiger partial charge in [-0.1, -0.05) is 26.0 Å². The molecule has 1 aliphatic rings. The summed E-state index contributed by atoms with van der Waals surface area (Å²) in [4.78, 5) is 37.3. The van der Waals surface area contributed by atoms with E-state index in [4.69, 9.17) is 4.74 Å². The Bertz CT molecular complexity index is 1390. The van der Waals surface area contributed by atoms with Crippen molar-refractivity contribution >= 4 is 17.4 Å². The summed E-state index contributed by atoms with van der Waals surface area (Å²) in [6.45, 7) is 9.80. The van der Waals surface area contributed by atoms with Gasteiger partial charge < -0.3 is 15.0 Å². The lowest BCUT2D eigenvalue weighted by Crippen LogP contribution is -2.45. The maximum atomic E-state index is 14.0. The minimum atomic E-state index is -4.57. The summed E-state index contributed by atoms with van der Waals surface area (Å²) in [7, 11) is 0. The van der Waals surface area contributed by atoms with Crippen molar-refractivity contribution < 1.29 is 27.5 Å². The van der Waals surface area contributed by atoms with E-state index >= 15 is 0 Å². The minimum Gasteiger partial charge on any atom is -0.439 e. The van der Waals surface area contributed by atoms with E-state index in [1.54, 1.807) is 32.0 Å². The number of Topliss-reactive ketones (excluding diaryl/α,β-unsaturated/α-hetero) is 1. The van der Waals surface area contributed by atoms with Crippen molar-refractivity contribution in [1.29, 1.82) is 0 Å². The molecule has 0 unspecified atom stereocenters. The van der Waals surface area contributed by atoms with Crippen LogP contribution in [0, 0.1) is 6.92 Å². The Morgan fingerprint density at radius 3 is 2.39 bits per heavy atom. The molecule has 8 nitrogen and oxygen atoms in total. The second-order valence-electron chi connectivity index (χ2n) is 10.0. The van der Waals surface area contributed by atoms with Gasteiger partial charge in [0.05, 0.1) is 11.3 Å². The van der Waals surface area contributed by atoms with Gasteiger partial charge >= 0.3 is 6.18 Å². The molecule has 218 valence electrons. The number of amides is 1. The van der Waals surface area contributed by atoms with Crippen LogP contribution in [0.15, 0.2) is 48.8 Å². The number of nitrogens with zero attached hydrogens (tertiary/aromatic N) is 4. The van der Waals surface area contributed by atoms with Gasteiger partial charge in [-0.2, -0.15) is 13.2 Å². The van der Waals surface area contributed by atoms with Crippen molar-refractivity contribution in [1.82, 2.24) is 19.8 Å². The predicted molar refractivity (Wildman–Crippen MR) is 149 cm³/mol. The Hall–Kier alpha value is -3.83. The summed E-state index contributed by atoms with van der Waals surface area (Å²) < 4.78 is 47.9. The Morgan fingerprint density at radius 1 is 0.976 bits per heavy atom. The standard InChI is InChI=1S/C30H34F3N5O3/c1-4-25(39)15-24-17-28(35-19-34-24)41-27-14-21(7-6-20(27)3)29(40)36-23-9-8-22(26(16-23)30(31,32)33)18-38-12-10-37(5-2)11-13-38/h6-9,14,16-17,19H,4-5,10-13,15,18H2,1-3H3,(H,36,40). The van der Waals surface area contributed by atoms with E-state index in [-0.39, 0.29) is 41.4 Å². The largest absolute Gasteiger partial charge is 0.439 e. The molecule has 1 amide bonds. The van der Waals surface area contributed by atoms with E-state index in [1.165, 1.54) is 24.5 Å². The number of benzene rings is 2. The molecule has 0 bridgehead atoms. The number of anilines is 1. The van der Waals surface area contributed by atoms with Crippen LogP contribution in [0.3, 0.4) is 0 Å². The molecular formula is C30H34F3N5O3. The zero-order valence-corrected chi connectivity index (χ0v) is 23.4. The third-order valence-electron chi connectivity index (χ3n) is 7.12. The molecule has 0 saturated carbocycles. The van der Waals surface area contributed by atoms with Crippen LogP contribution in [0.1, 0.15) is 53.0 Å². The second-order valence-corrected chi connectivity index (χ2v) is 10.0. The third-order valence-corrected chi connectivity index (χ3v) is 7.12. The van der Waals surface area contributed by atoms with Crippen LogP contribution in [0.2, 0.25) is 0 Å². The number of ketones is 1. The predicted octanol–water partition coefficient (Wildman–Crippen LogP) is 5.51. The molecule has 1 aromatic heterocycles. The van der Waals surface area contributed by atoms with Gasteiger partial charge in [0, 0.05) is 62.9 Å². The number of piperazine rings is 1. The SMILES string of the molecule is CCC(=O)Cc1cc(Oc2cc(C(=O)Nc3ccc(CN4CCN(CC)CC4)c(C(F)(F)F)c3)ccc2C)ncn1. The van der Waals surface area contributed by atoms with Crippen LogP contribution in [-0.2, 0) is 23.9 Å². The fraction of sp³-hybridized carbons (Fsp3) is 0.400. The average molecular weight is 570 g/mol. The smallest absolute Gasteiger partial charge is 0.416 e. The van der Waals surface area contributed by atoms with E-state index in [0.29, 0.717) is 31.0 Å². The summed E-state index contributed by atoms with van der Waals surface area (Å²) in [5.74, 6) is 0.00375. The number of carbonyl (C=O) groups is 2. The normalized spacial score (nSPS) is 14.6. The molecule has 0 aliphatic carbocycles. The number of hydrogen-bond acceptors (Lipinski definition) is 7. The van der Waals surface area contributed by atoms with Gasteiger partial charge in [0.2, 0.25) is 5.88 Å². The number of halogens is 3. The summed E-state index contributed by atoms with van der Waals surface area (Å²) >= 11 is 0. The van der Waals surface area contributed by atoms with E-state index in [2.05, 4.69) is 27.1 Å². The van der Waals surface area contributed by atoms with Gasteiger partial charge in [0.15, 0.2) is 0 Å². The van der Waals surface area contributed by atoms with Gasteiger partial charge in [-0.05, 0) is 48.9 Å². The third kappa shape index (κ3) is 8.11. The van der Waals surface area contributed by atoms with Crippen molar-refractivity contribution in [3.05, 3.63) is 76.7 Å². The van der Waals surface area contributed by atoms with E-state index in [1.807, 2.05) is 4.90 Å². The summed E-state index contributed by atoms with van der Waals surface area (Å²) in [6, 6.07) is 10.2. The molecule has 2 heterocycles. The average Bonchev–Trinajstić information content (AvgIpc) is 2.95. The molecule has 2 aromatic carbocycles. The van der Waals surface area contributed by atoms with Crippen molar-refractivity contribution in [3.8, 4) is 11.6 Å². The second kappa shape index (κ2) is 13.2. The lowest BCUT2D eigenvalue weighted by Gasteiger charge is -2.34. The molecule has 1 aliphatic heterocycles. The minimum absolute atomic E-state index is 0.0287. The van der Waals surface area contributed by atoms with Crippen molar-refractivity contribution in [3.63, 3.8) is 0 Å². The van der Waals surface area contributed by atoms with Crippen LogP contribution in [0.25, 0.3) is 0 Å². The van der Waals surface area contributed by atoms with Crippen LogP contribution in [0.4, 0.5) is 18.9 Å². The number of ether oxygens (including phenoxy) is 1. The van der Waals surface area contributed by atoms with Crippen LogP contribution >= 0.6 is 0 Å². The van der Waals surface area contributed by atoms with Crippen molar-refractivity contribution in [2.75, 3.05) is 38.0 Å². The first-order valence-electron chi connectivity index (χ1n) is 13.6. The lowest BCUT2D eigenvalue weighted by atomic mass is 10.0. The van der Waals surface area contributed by atoms with Crippen LogP contribution < -0.4 is 10.1 Å². The molecule has 3 aromatic rings. The number of aryl methyl sites for hydroxylation is 1. The maximum absolute atomic E-state index is 14.0. The Labute approximate surface area is 237 Å². The number of carbonyl (C=O) groups excluding carboxylic acids is 2. The number of alkyl halides is 3. The molecule has 1 saturated heterocycles. The first-order chi connectivity index (χ1) is 19.5. The first kappa shape index (κ1) is 30.1. The molecular weight excluding hydrogens is 535 g/mol. The Balaban J connectivity index is 1.48. The Kier molecular flexibility index (Phi) is 9.72. The molecule has 41 heavy (non-hydrogen) atoms. The maximum Gasteiger partial charge on any atom is 0.416 e. The highest BCUT2D eigenvalue weighted by Gasteiger charge is 2.34. The summed E-state index contributed by atoms with van der Waals surface area (Å²) in [5.41, 5.74) is 0.896. The fourth-order valence-electron chi connectivity index (χ4n) is 4.58.